The molecule has 0 unspecified atom stereocenters. The Hall–Kier alpha value is -1.34. The molecule has 0 radical (unpaired) electrons. The van der Waals surface area contributed by atoms with Crippen LogP contribution in [0.25, 0.3) is 0 Å². The molecule has 138 valence electrons. The number of amides is 2. The van der Waals surface area contributed by atoms with Gasteiger partial charge in [0.25, 0.3) is 5.91 Å². The van der Waals surface area contributed by atoms with Gasteiger partial charge in [-0.05, 0) is 32.0 Å². The monoisotopic (exact) mass is 388 g/mol. The van der Waals surface area contributed by atoms with Crippen LogP contribution in [0.2, 0.25) is 10.0 Å². The van der Waals surface area contributed by atoms with Crippen LogP contribution in [0.15, 0.2) is 18.2 Å². The molecule has 0 aromatic heterocycles. The van der Waals surface area contributed by atoms with Crippen LogP contribution in [0.4, 0.5) is 5.69 Å². The molecule has 1 saturated heterocycles. The van der Waals surface area contributed by atoms with E-state index < -0.39 is 0 Å². The zero-order valence-electron chi connectivity index (χ0n) is 14.6. The number of morpholine rings is 1. The third-order valence-electron chi connectivity index (χ3n) is 4.03. The maximum Gasteiger partial charge on any atom is 0.277 e. The summed E-state index contributed by atoms with van der Waals surface area (Å²) < 4.78 is 5.68. The lowest BCUT2D eigenvalue weighted by atomic mass is 10.2. The van der Waals surface area contributed by atoms with Gasteiger partial charge in [0, 0.05) is 12.7 Å². The molecule has 1 fully saturated rings. The lowest BCUT2D eigenvalue weighted by molar-refractivity contribution is -0.907. The quantitative estimate of drug-likeness (QED) is 0.793. The van der Waals surface area contributed by atoms with Gasteiger partial charge in [0.05, 0.1) is 16.6 Å². The number of hydrogen-bond donors (Lipinski definition) is 2. The fourth-order valence-electron chi connectivity index (χ4n) is 2.96. The molecule has 1 heterocycles. The zero-order chi connectivity index (χ0) is 18.6. The van der Waals surface area contributed by atoms with Gasteiger partial charge in [0.2, 0.25) is 5.91 Å². The Morgan fingerprint density at radius 3 is 2.48 bits per heavy atom. The Morgan fingerprint density at radius 2 is 1.88 bits per heavy atom. The van der Waals surface area contributed by atoms with Crippen molar-refractivity contribution in [3.05, 3.63) is 28.2 Å². The van der Waals surface area contributed by atoms with E-state index in [-0.39, 0.29) is 30.6 Å². The molecule has 0 spiro atoms. The number of nitrogens with one attached hydrogen (secondary N) is 2. The first-order valence-electron chi connectivity index (χ1n) is 8.22. The number of rotatable bonds is 5. The van der Waals surface area contributed by atoms with Crippen molar-refractivity contribution in [2.45, 2.75) is 26.1 Å². The summed E-state index contributed by atoms with van der Waals surface area (Å²) in [5, 5.41) is 3.50. The van der Waals surface area contributed by atoms with Crippen molar-refractivity contribution in [1.82, 2.24) is 4.90 Å². The van der Waals surface area contributed by atoms with Gasteiger partial charge in [-0.25, -0.2) is 0 Å². The lowest BCUT2D eigenvalue weighted by Gasteiger charge is -2.32. The molecule has 2 atom stereocenters. The molecule has 1 aliphatic rings. The number of halogens is 2. The molecule has 8 heteroatoms. The van der Waals surface area contributed by atoms with Gasteiger partial charge in [-0.15, -0.1) is 0 Å². The molecule has 2 rings (SSSR count). The fraction of sp³-hybridized carbons (Fsp3) is 0.529. The van der Waals surface area contributed by atoms with Crippen molar-refractivity contribution in [3.63, 3.8) is 0 Å². The molecule has 1 aromatic rings. The highest BCUT2D eigenvalue weighted by Gasteiger charge is 2.28. The van der Waals surface area contributed by atoms with Gasteiger partial charge in [-0.2, -0.15) is 0 Å². The number of likely N-dealkylation sites (N-methyl/N-ethyl adjacent to an activating group) is 1. The van der Waals surface area contributed by atoms with Gasteiger partial charge in [0.15, 0.2) is 6.54 Å². The molecule has 1 aliphatic heterocycles. The normalized spacial score (nSPS) is 23.2. The van der Waals surface area contributed by atoms with Gasteiger partial charge >= 0.3 is 0 Å². The maximum absolute atomic E-state index is 12.4. The van der Waals surface area contributed by atoms with Crippen LogP contribution in [-0.2, 0) is 14.3 Å². The maximum atomic E-state index is 12.4. The average Bonchev–Trinajstić information content (AvgIpc) is 2.49. The van der Waals surface area contributed by atoms with Crippen molar-refractivity contribution >= 4 is 40.7 Å². The highest BCUT2D eigenvalue weighted by Crippen LogP contribution is 2.24. The van der Waals surface area contributed by atoms with Crippen LogP contribution >= 0.6 is 23.2 Å². The van der Waals surface area contributed by atoms with Crippen LogP contribution in [0.3, 0.4) is 0 Å². The highest BCUT2D eigenvalue weighted by atomic mass is 35.5. The largest absolute Gasteiger partial charge is 0.364 e. The molecular weight excluding hydrogens is 365 g/mol. The van der Waals surface area contributed by atoms with Crippen LogP contribution in [-0.4, -0.2) is 62.1 Å². The highest BCUT2D eigenvalue weighted by molar-refractivity contribution is 6.42. The lowest BCUT2D eigenvalue weighted by Crippen LogP contribution is -3.16. The van der Waals surface area contributed by atoms with Crippen LogP contribution in [0.1, 0.15) is 13.8 Å². The van der Waals surface area contributed by atoms with E-state index in [9.17, 15) is 9.59 Å². The summed E-state index contributed by atoms with van der Waals surface area (Å²) in [7, 11) is 1.63. The van der Waals surface area contributed by atoms with Crippen molar-refractivity contribution in [3.8, 4) is 0 Å². The van der Waals surface area contributed by atoms with E-state index in [1.54, 1.807) is 25.2 Å². The first kappa shape index (κ1) is 20.0. The Balaban J connectivity index is 1.83. The minimum Gasteiger partial charge on any atom is -0.364 e. The van der Waals surface area contributed by atoms with Crippen LogP contribution < -0.4 is 10.2 Å². The molecule has 0 aliphatic carbocycles. The van der Waals surface area contributed by atoms with Gasteiger partial charge in [0.1, 0.15) is 25.3 Å². The number of benzene rings is 1. The fourth-order valence-corrected chi connectivity index (χ4v) is 3.26. The summed E-state index contributed by atoms with van der Waals surface area (Å²) in [5.41, 5.74) is 0.543. The van der Waals surface area contributed by atoms with Crippen LogP contribution in [0.5, 0.6) is 0 Å². The van der Waals surface area contributed by atoms with E-state index in [0.717, 1.165) is 13.1 Å². The molecule has 2 amide bonds. The number of ether oxygens (including phenoxy) is 1. The van der Waals surface area contributed by atoms with E-state index in [0.29, 0.717) is 22.3 Å². The summed E-state index contributed by atoms with van der Waals surface area (Å²) in [6.45, 7) is 5.93. The van der Waals surface area contributed by atoms with Crippen molar-refractivity contribution in [1.29, 1.82) is 0 Å². The van der Waals surface area contributed by atoms with Gasteiger partial charge < -0.3 is 19.9 Å². The van der Waals surface area contributed by atoms with Crippen molar-refractivity contribution in [2.24, 2.45) is 0 Å². The number of hydrogen-bond acceptors (Lipinski definition) is 3. The first-order chi connectivity index (χ1) is 11.7. The summed E-state index contributed by atoms with van der Waals surface area (Å²) in [4.78, 5) is 27.1. The Labute approximate surface area is 158 Å². The summed E-state index contributed by atoms with van der Waals surface area (Å²) in [5.74, 6) is -0.353. The second kappa shape index (κ2) is 8.85. The van der Waals surface area contributed by atoms with Crippen LogP contribution in [0, 0.1) is 0 Å². The average molecular weight is 389 g/mol. The number of anilines is 1. The predicted molar refractivity (Wildman–Crippen MR) is 98.3 cm³/mol. The topological polar surface area (TPSA) is 63.1 Å². The van der Waals surface area contributed by atoms with Crippen molar-refractivity contribution in [2.75, 3.05) is 38.5 Å². The zero-order valence-corrected chi connectivity index (χ0v) is 16.2. The minimum atomic E-state index is -0.284. The second-order valence-corrected chi connectivity index (χ2v) is 7.33. The predicted octanol–water partition coefficient (Wildman–Crippen LogP) is 1.08. The Kier molecular flexibility index (Phi) is 7.07. The van der Waals surface area contributed by atoms with E-state index in [1.165, 1.54) is 9.80 Å². The Morgan fingerprint density at radius 1 is 1.24 bits per heavy atom. The third kappa shape index (κ3) is 6.15. The molecule has 1 aromatic carbocycles. The van der Waals surface area contributed by atoms with Crippen molar-refractivity contribution < 1.29 is 19.2 Å². The molecule has 0 bridgehead atoms. The number of carbonyl (C=O) groups is 2. The Bertz CT molecular complexity index is 632. The first-order valence-corrected chi connectivity index (χ1v) is 8.98. The molecule has 6 nitrogen and oxygen atoms in total. The smallest absolute Gasteiger partial charge is 0.277 e. The molecule has 0 saturated carbocycles. The summed E-state index contributed by atoms with van der Waals surface area (Å²) in [6.07, 6.45) is 0.268. The van der Waals surface area contributed by atoms with E-state index >= 15 is 0 Å². The van der Waals surface area contributed by atoms with E-state index in [1.807, 2.05) is 13.8 Å². The summed E-state index contributed by atoms with van der Waals surface area (Å²) >= 11 is 11.8. The summed E-state index contributed by atoms with van der Waals surface area (Å²) in [6, 6.07) is 4.84. The van der Waals surface area contributed by atoms with E-state index in [4.69, 9.17) is 27.9 Å². The number of nitrogens with zero attached hydrogens (tertiary/aromatic N) is 1. The molecule has 25 heavy (non-hydrogen) atoms. The SMILES string of the molecule is C[C@@H]1C[NH+](CC(=O)N(C)CC(=O)Nc2ccc(Cl)c(Cl)c2)C[C@@H](C)O1. The van der Waals surface area contributed by atoms with Gasteiger partial charge in [-0.3, -0.25) is 9.59 Å². The molecular formula is C17H24Cl2N3O3+. The second-order valence-electron chi connectivity index (χ2n) is 6.52. The molecule has 2 N–H and O–H groups in total. The number of quaternary nitrogens is 1. The van der Waals surface area contributed by atoms with E-state index in [2.05, 4.69) is 5.32 Å². The minimum absolute atomic E-state index is 0.0199. The third-order valence-corrected chi connectivity index (χ3v) is 4.77. The standard InChI is InChI=1S/C17H23Cl2N3O3/c1-11-7-22(8-12(2)25-11)10-17(24)21(3)9-16(23)20-13-4-5-14(18)15(19)6-13/h4-6,11-12H,7-10H2,1-3H3,(H,20,23)/p+1/t11-,12-/m1/s1. The van der Waals surface area contributed by atoms with Gasteiger partial charge in [-0.1, -0.05) is 23.2 Å². The number of carbonyl (C=O) groups excluding carboxylic acids is 2.